The van der Waals surface area contributed by atoms with Gasteiger partial charge < -0.3 is 0 Å². The molecule has 0 aliphatic heterocycles. The largest absolute Gasteiger partial charge is 0.250 e. The van der Waals surface area contributed by atoms with Gasteiger partial charge >= 0.3 is 0 Å². The van der Waals surface area contributed by atoms with Crippen molar-refractivity contribution in [1.29, 1.82) is 0 Å². The lowest BCUT2D eigenvalue weighted by Gasteiger charge is -2.00. The van der Waals surface area contributed by atoms with Gasteiger partial charge in [0.2, 0.25) is 4.77 Å². The van der Waals surface area contributed by atoms with Gasteiger partial charge in [0, 0.05) is 15.5 Å². The van der Waals surface area contributed by atoms with Crippen LogP contribution in [-0.2, 0) is 0 Å². The van der Waals surface area contributed by atoms with Gasteiger partial charge in [-0.15, -0.1) is 11.3 Å². The number of H-pyrrole nitrogens is 1. The van der Waals surface area contributed by atoms with Crippen molar-refractivity contribution in [3.05, 3.63) is 56.4 Å². The van der Waals surface area contributed by atoms with Crippen LogP contribution in [-0.4, -0.2) is 21.1 Å². The number of aromatic nitrogens is 3. The van der Waals surface area contributed by atoms with Crippen LogP contribution in [0.3, 0.4) is 0 Å². The zero-order valence-corrected chi connectivity index (χ0v) is 12.5. The highest BCUT2D eigenvalue weighted by Crippen LogP contribution is 2.21. The van der Waals surface area contributed by atoms with Crippen molar-refractivity contribution in [2.24, 2.45) is 5.10 Å². The van der Waals surface area contributed by atoms with Crippen molar-refractivity contribution in [3.63, 3.8) is 0 Å². The number of benzene rings is 1. The molecule has 3 rings (SSSR count). The minimum Gasteiger partial charge on any atom is -0.250 e. The molecule has 0 aliphatic rings. The molecule has 0 bridgehead atoms. The van der Waals surface area contributed by atoms with Gasteiger partial charge in [-0.2, -0.15) is 14.9 Å². The molecule has 1 aromatic carbocycles. The van der Waals surface area contributed by atoms with Gasteiger partial charge in [-0.3, -0.25) is 0 Å². The molecule has 0 atom stereocenters. The van der Waals surface area contributed by atoms with Crippen molar-refractivity contribution < 1.29 is 0 Å². The van der Waals surface area contributed by atoms with Gasteiger partial charge in [0.25, 0.3) is 0 Å². The maximum absolute atomic E-state index is 6.00. The number of nitrogens with zero attached hydrogens (tertiary/aromatic N) is 3. The van der Waals surface area contributed by atoms with E-state index in [-0.39, 0.29) is 0 Å². The second-order valence-electron chi connectivity index (χ2n) is 3.93. The maximum Gasteiger partial charge on any atom is 0.216 e. The monoisotopic (exact) mass is 320 g/mol. The van der Waals surface area contributed by atoms with Crippen LogP contribution in [0.2, 0.25) is 5.02 Å². The molecule has 100 valence electrons. The quantitative estimate of drug-likeness (QED) is 0.580. The summed E-state index contributed by atoms with van der Waals surface area (Å²) in [4.78, 5) is 1.05. The average molecular weight is 321 g/mol. The van der Waals surface area contributed by atoms with Gasteiger partial charge in [-0.05, 0) is 35.8 Å². The van der Waals surface area contributed by atoms with Crippen molar-refractivity contribution >= 4 is 41.4 Å². The fourth-order valence-corrected chi connectivity index (χ4v) is 2.64. The van der Waals surface area contributed by atoms with Crippen LogP contribution in [0.15, 0.2) is 46.9 Å². The SMILES string of the molecule is S=c1[nH]nc(-c2cccc(Cl)c2)n1/N=C\c1cccs1. The first-order valence-corrected chi connectivity index (χ1v) is 7.42. The zero-order chi connectivity index (χ0) is 13.9. The summed E-state index contributed by atoms with van der Waals surface area (Å²) in [6, 6.07) is 11.4. The average Bonchev–Trinajstić information content (AvgIpc) is 3.06. The fourth-order valence-electron chi connectivity index (χ4n) is 1.69. The number of thiophene rings is 1. The first-order valence-electron chi connectivity index (χ1n) is 5.75. The third-order valence-corrected chi connectivity index (χ3v) is 3.88. The van der Waals surface area contributed by atoms with E-state index in [0.29, 0.717) is 15.6 Å². The predicted octanol–water partition coefficient (Wildman–Crippen LogP) is 4.20. The number of hydrogen-bond donors (Lipinski definition) is 1. The van der Waals surface area contributed by atoms with Gasteiger partial charge in [0.15, 0.2) is 5.82 Å². The Labute approximate surface area is 129 Å². The Morgan fingerprint density at radius 1 is 1.35 bits per heavy atom. The van der Waals surface area contributed by atoms with Gasteiger partial charge in [0.1, 0.15) is 0 Å². The predicted molar refractivity (Wildman–Crippen MR) is 85.2 cm³/mol. The Morgan fingerprint density at radius 3 is 3.00 bits per heavy atom. The molecule has 0 amide bonds. The normalized spacial score (nSPS) is 11.2. The molecule has 3 aromatic rings. The molecule has 0 aliphatic carbocycles. The van der Waals surface area contributed by atoms with Gasteiger partial charge in [-0.1, -0.05) is 29.8 Å². The molecule has 0 spiro atoms. The molecule has 0 saturated carbocycles. The topological polar surface area (TPSA) is 46.0 Å². The summed E-state index contributed by atoms with van der Waals surface area (Å²) in [7, 11) is 0. The van der Waals surface area contributed by atoms with E-state index in [9.17, 15) is 0 Å². The molecule has 4 nitrogen and oxygen atoms in total. The molecule has 2 aromatic heterocycles. The smallest absolute Gasteiger partial charge is 0.216 e. The number of rotatable bonds is 3. The van der Waals surface area contributed by atoms with Crippen molar-refractivity contribution in [1.82, 2.24) is 14.9 Å². The Bertz CT molecular complexity index is 802. The summed E-state index contributed by atoms with van der Waals surface area (Å²) in [5.74, 6) is 0.630. The van der Waals surface area contributed by atoms with E-state index in [0.717, 1.165) is 10.4 Å². The third kappa shape index (κ3) is 2.72. The Balaban J connectivity index is 2.04. The molecule has 20 heavy (non-hydrogen) atoms. The molecule has 1 N–H and O–H groups in total. The highest BCUT2D eigenvalue weighted by molar-refractivity contribution is 7.71. The molecule has 0 saturated heterocycles. The van der Waals surface area contributed by atoms with Crippen molar-refractivity contribution in [3.8, 4) is 11.4 Å². The van der Waals surface area contributed by atoms with Crippen molar-refractivity contribution in [2.45, 2.75) is 0 Å². The van der Waals surface area contributed by atoms with E-state index in [1.54, 1.807) is 22.2 Å². The number of hydrogen-bond acceptors (Lipinski definition) is 4. The first kappa shape index (κ1) is 13.2. The molecule has 0 fully saturated rings. The molecule has 0 unspecified atom stereocenters. The van der Waals surface area contributed by atoms with Gasteiger partial charge in [0.05, 0.1) is 6.21 Å². The molecular formula is C13H9ClN4S2. The minimum atomic E-state index is 0.438. The Kier molecular flexibility index (Phi) is 3.77. The van der Waals surface area contributed by atoms with Crippen LogP contribution < -0.4 is 0 Å². The number of halogens is 1. The van der Waals surface area contributed by atoms with Crippen LogP contribution in [0.25, 0.3) is 11.4 Å². The summed E-state index contributed by atoms with van der Waals surface area (Å²) in [5.41, 5.74) is 0.855. The van der Waals surface area contributed by atoms with E-state index < -0.39 is 0 Å². The molecule has 7 heteroatoms. The highest BCUT2D eigenvalue weighted by atomic mass is 35.5. The van der Waals surface area contributed by atoms with Crippen LogP contribution in [0.4, 0.5) is 0 Å². The number of nitrogens with one attached hydrogen (secondary N) is 1. The summed E-state index contributed by atoms with van der Waals surface area (Å²) in [5, 5.41) is 14.0. The zero-order valence-electron chi connectivity index (χ0n) is 10.2. The van der Waals surface area contributed by atoms with E-state index >= 15 is 0 Å². The Morgan fingerprint density at radius 2 is 2.25 bits per heavy atom. The second kappa shape index (κ2) is 5.70. The highest BCUT2D eigenvalue weighted by Gasteiger charge is 2.08. The number of aromatic amines is 1. The third-order valence-electron chi connectivity index (χ3n) is 2.58. The van der Waals surface area contributed by atoms with Crippen LogP contribution in [0.1, 0.15) is 4.88 Å². The maximum atomic E-state index is 6.00. The van der Waals surface area contributed by atoms with Crippen LogP contribution in [0, 0.1) is 4.77 Å². The summed E-state index contributed by atoms with van der Waals surface area (Å²) in [6.07, 6.45) is 1.75. The summed E-state index contributed by atoms with van der Waals surface area (Å²) in [6.45, 7) is 0. The lowest BCUT2D eigenvalue weighted by atomic mass is 10.2. The second-order valence-corrected chi connectivity index (χ2v) is 5.74. The Hall–Kier alpha value is -1.76. The van der Waals surface area contributed by atoms with E-state index in [4.69, 9.17) is 23.8 Å². The lowest BCUT2D eigenvalue weighted by Crippen LogP contribution is -1.94. The van der Waals surface area contributed by atoms with Crippen molar-refractivity contribution in [2.75, 3.05) is 0 Å². The summed E-state index contributed by atoms with van der Waals surface area (Å²) >= 11 is 12.8. The minimum absolute atomic E-state index is 0.438. The molecular weight excluding hydrogens is 312 g/mol. The first-order chi connectivity index (χ1) is 9.74. The lowest BCUT2D eigenvalue weighted by molar-refractivity contribution is 0.872. The van der Waals surface area contributed by atoms with E-state index in [1.807, 2.05) is 41.8 Å². The van der Waals surface area contributed by atoms with Crippen LogP contribution >= 0.6 is 35.2 Å². The standard InChI is InChI=1S/C13H9ClN4S2/c14-10-4-1-3-9(7-10)12-16-17-13(19)18(12)15-8-11-5-2-6-20-11/h1-8H,(H,17,19)/b15-8-. The molecule has 0 radical (unpaired) electrons. The summed E-state index contributed by atoms with van der Waals surface area (Å²) < 4.78 is 2.02. The molecule has 2 heterocycles. The van der Waals surface area contributed by atoms with E-state index in [1.165, 1.54) is 0 Å². The van der Waals surface area contributed by atoms with E-state index in [2.05, 4.69) is 15.3 Å². The fraction of sp³-hybridized carbons (Fsp3) is 0. The van der Waals surface area contributed by atoms with Crippen LogP contribution in [0.5, 0.6) is 0 Å². The van der Waals surface area contributed by atoms with Gasteiger partial charge in [-0.25, -0.2) is 5.10 Å².